The highest BCUT2D eigenvalue weighted by atomic mass is 16.4. The van der Waals surface area contributed by atoms with Gasteiger partial charge in [-0.3, -0.25) is 19.3 Å². The van der Waals surface area contributed by atoms with E-state index in [1.165, 1.54) is 11.2 Å². The van der Waals surface area contributed by atoms with Gasteiger partial charge in [0.15, 0.2) is 11.5 Å². The van der Waals surface area contributed by atoms with Gasteiger partial charge >= 0.3 is 5.97 Å². The molecular formula is C21H23N3O5. The van der Waals surface area contributed by atoms with Gasteiger partial charge in [-0.2, -0.15) is 0 Å². The van der Waals surface area contributed by atoms with Crippen LogP contribution >= 0.6 is 0 Å². The number of aliphatic carboxylic acids is 1. The number of anilines is 1. The van der Waals surface area contributed by atoms with Gasteiger partial charge in [0.05, 0.1) is 29.0 Å². The molecule has 1 aliphatic carbocycles. The number of aromatic nitrogens is 2. The quantitative estimate of drug-likeness (QED) is 0.688. The molecule has 2 heterocycles. The van der Waals surface area contributed by atoms with E-state index in [1.54, 1.807) is 18.2 Å². The summed E-state index contributed by atoms with van der Waals surface area (Å²) in [5.74, 6) is -2.69. The lowest BCUT2D eigenvalue weighted by molar-refractivity contribution is -0.137. The Morgan fingerprint density at radius 3 is 2.69 bits per heavy atom. The van der Waals surface area contributed by atoms with Crippen molar-refractivity contribution in [3.63, 3.8) is 0 Å². The fraction of sp³-hybridized carbons (Fsp3) is 0.429. The predicted molar refractivity (Wildman–Crippen MR) is 105 cm³/mol. The number of benzene rings is 1. The first-order valence-electron chi connectivity index (χ1n) is 9.93. The van der Waals surface area contributed by atoms with Crippen LogP contribution in [0.1, 0.15) is 44.9 Å². The van der Waals surface area contributed by atoms with Gasteiger partial charge in [0.1, 0.15) is 0 Å². The molecule has 0 spiro atoms. The predicted octanol–water partition coefficient (Wildman–Crippen LogP) is 3.10. The Morgan fingerprint density at radius 2 is 1.97 bits per heavy atom. The maximum Gasteiger partial charge on any atom is 0.303 e. The molecule has 29 heavy (non-hydrogen) atoms. The van der Waals surface area contributed by atoms with Crippen LogP contribution in [0.25, 0.3) is 11.0 Å². The van der Waals surface area contributed by atoms with Gasteiger partial charge in [-0.1, -0.05) is 19.3 Å². The van der Waals surface area contributed by atoms with Crippen molar-refractivity contribution in [1.29, 1.82) is 0 Å². The van der Waals surface area contributed by atoms with Crippen LogP contribution in [0.15, 0.2) is 35.9 Å². The molecule has 1 aromatic carbocycles. The molecule has 1 atom stereocenters. The second-order valence-corrected chi connectivity index (χ2v) is 7.69. The first kappa shape index (κ1) is 19.2. The zero-order chi connectivity index (χ0) is 20.5. The Kier molecular flexibility index (Phi) is 5.08. The summed E-state index contributed by atoms with van der Waals surface area (Å²) in [6.07, 6.45) is 5.81. The van der Waals surface area contributed by atoms with E-state index in [4.69, 9.17) is 5.11 Å². The highest BCUT2D eigenvalue weighted by molar-refractivity contribution is 6.17. The van der Waals surface area contributed by atoms with Crippen LogP contribution in [-0.4, -0.2) is 43.9 Å². The van der Waals surface area contributed by atoms with Crippen LogP contribution in [0, 0.1) is 5.92 Å². The van der Waals surface area contributed by atoms with Crippen molar-refractivity contribution in [2.45, 2.75) is 51.0 Å². The highest BCUT2D eigenvalue weighted by Gasteiger charge is 2.45. The van der Waals surface area contributed by atoms with E-state index >= 15 is 0 Å². The Hall–Kier alpha value is -3.16. The number of rotatable bonds is 6. The number of carbonyl (C=O) groups excluding carboxylic acids is 2. The van der Waals surface area contributed by atoms with Gasteiger partial charge in [0.2, 0.25) is 0 Å². The van der Waals surface area contributed by atoms with Crippen molar-refractivity contribution >= 4 is 34.4 Å². The monoisotopic (exact) mass is 397 g/mol. The van der Waals surface area contributed by atoms with Crippen LogP contribution in [-0.2, 0) is 14.4 Å². The Balaban J connectivity index is 1.71. The zero-order valence-electron chi connectivity index (χ0n) is 15.9. The molecule has 0 radical (unpaired) electrons. The van der Waals surface area contributed by atoms with E-state index in [0.717, 1.165) is 37.6 Å². The summed E-state index contributed by atoms with van der Waals surface area (Å²) in [7, 11) is 0. The van der Waals surface area contributed by atoms with E-state index in [1.807, 2.05) is 0 Å². The molecule has 0 saturated heterocycles. The topological polar surface area (TPSA) is 124 Å². The molecular weight excluding hydrogens is 374 g/mol. The van der Waals surface area contributed by atoms with Crippen LogP contribution in [0.2, 0.25) is 0 Å². The van der Waals surface area contributed by atoms with E-state index in [0.29, 0.717) is 11.2 Å². The van der Waals surface area contributed by atoms with Crippen LogP contribution < -0.4 is 4.90 Å². The van der Waals surface area contributed by atoms with Crippen LogP contribution in [0.5, 0.6) is 0 Å². The van der Waals surface area contributed by atoms with Crippen molar-refractivity contribution < 1.29 is 24.6 Å². The number of aliphatic hydroxyl groups excluding tert-OH is 1. The molecule has 1 aliphatic heterocycles. The molecule has 2 aromatic rings. The van der Waals surface area contributed by atoms with E-state index in [2.05, 4.69) is 9.97 Å². The van der Waals surface area contributed by atoms with Crippen molar-refractivity contribution in [1.82, 2.24) is 9.97 Å². The number of H-pyrrole nitrogens is 1. The van der Waals surface area contributed by atoms with E-state index in [-0.39, 0.29) is 30.1 Å². The van der Waals surface area contributed by atoms with E-state index < -0.39 is 23.7 Å². The fourth-order valence-corrected chi connectivity index (χ4v) is 4.43. The lowest BCUT2D eigenvalue weighted by Crippen LogP contribution is -2.38. The molecule has 1 amide bonds. The number of ketones is 1. The molecule has 1 saturated carbocycles. The number of imidazole rings is 1. The molecule has 3 N–H and O–H groups in total. The first-order valence-corrected chi connectivity index (χ1v) is 9.93. The summed E-state index contributed by atoms with van der Waals surface area (Å²) in [6.45, 7) is 0. The maximum atomic E-state index is 13.2. The minimum Gasteiger partial charge on any atom is -0.503 e. The Morgan fingerprint density at radius 1 is 1.21 bits per heavy atom. The molecule has 1 aromatic heterocycles. The number of carbonyl (C=O) groups is 3. The Labute approximate surface area is 167 Å². The fourth-order valence-electron chi connectivity index (χ4n) is 4.43. The van der Waals surface area contributed by atoms with E-state index in [9.17, 15) is 19.5 Å². The van der Waals surface area contributed by atoms with Crippen molar-refractivity contribution in [3.05, 3.63) is 35.9 Å². The minimum absolute atomic E-state index is 0.0555. The van der Waals surface area contributed by atoms with Gasteiger partial charge in [-0.25, -0.2) is 4.98 Å². The molecule has 4 rings (SSSR count). The smallest absolute Gasteiger partial charge is 0.303 e. The average molecular weight is 397 g/mol. The standard InChI is InChI=1S/C21H23N3O5/c25-17(26)9-8-16-18(19(27)12-4-2-1-3-5-12)20(28)21(29)24(16)13-6-7-14-15(10-13)23-11-22-14/h6-7,10-12,16,28H,1-5,8-9H2,(H,22,23)(H,25,26). The van der Waals surface area contributed by atoms with Gasteiger partial charge in [0, 0.05) is 18.0 Å². The average Bonchev–Trinajstić information content (AvgIpc) is 3.28. The number of amides is 1. The lowest BCUT2D eigenvalue weighted by Gasteiger charge is -2.28. The number of fused-ring (bicyclic) bond motifs is 1. The molecule has 2 aliphatic rings. The summed E-state index contributed by atoms with van der Waals surface area (Å²) >= 11 is 0. The number of carboxylic acid groups (broad SMARTS) is 1. The van der Waals surface area contributed by atoms with Gasteiger partial charge in [0.25, 0.3) is 5.91 Å². The zero-order valence-corrected chi connectivity index (χ0v) is 15.9. The SMILES string of the molecule is O=C(O)CCC1C(C(=O)C2CCCCC2)=C(O)C(=O)N1c1ccc2nc[nH]c2c1. The molecule has 8 nitrogen and oxygen atoms in total. The largest absolute Gasteiger partial charge is 0.503 e. The van der Waals surface area contributed by atoms with Crippen molar-refractivity contribution in [2.24, 2.45) is 5.92 Å². The number of aromatic amines is 1. The summed E-state index contributed by atoms with van der Waals surface area (Å²) in [5, 5.41) is 19.8. The molecule has 0 bridgehead atoms. The number of hydrogen-bond acceptors (Lipinski definition) is 5. The first-order chi connectivity index (χ1) is 14.0. The summed E-state index contributed by atoms with van der Waals surface area (Å²) in [4.78, 5) is 45.8. The summed E-state index contributed by atoms with van der Waals surface area (Å²) in [5.41, 5.74) is 1.98. The lowest BCUT2D eigenvalue weighted by atomic mass is 9.81. The van der Waals surface area contributed by atoms with Crippen LogP contribution in [0.3, 0.4) is 0 Å². The molecule has 1 fully saturated rings. The second-order valence-electron chi connectivity index (χ2n) is 7.69. The normalized spacial score (nSPS) is 20.6. The molecule has 8 heteroatoms. The number of Topliss-reactive ketones (excluding diaryl/α,β-unsaturated/α-hetero) is 1. The minimum atomic E-state index is -1.02. The summed E-state index contributed by atoms with van der Waals surface area (Å²) < 4.78 is 0. The van der Waals surface area contributed by atoms with Gasteiger partial charge in [-0.15, -0.1) is 0 Å². The number of aliphatic hydroxyl groups is 1. The summed E-state index contributed by atoms with van der Waals surface area (Å²) in [6, 6.07) is 4.35. The Bertz CT molecular complexity index is 1000. The van der Waals surface area contributed by atoms with Crippen molar-refractivity contribution in [2.75, 3.05) is 4.90 Å². The third-order valence-corrected chi connectivity index (χ3v) is 5.88. The van der Waals surface area contributed by atoms with Crippen LogP contribution in [0.4, 0.5) is 5.69 Å². The van der Waals surface area contributed by atoms with Gasteiger partial charge in [-0.05, 0) is 37.5 Å². The number of nitrogens with one attached hydrogen (secondary N) is 1. The maximum absolute atomic E-state index is 13.2. The number of carboxylic acids is 1. The highest BCUT2D eigenvalue weighted by Crippen LogP contribution is 2.37. The molecule has 152 valence electrons. The molecule has 1 unspecified atom stereocenters. The third kappa shape index (κ3) is 3.50. The third-order valence-electron chi connectivity index (χ3n) is 5.88. The van der Waals surface area contributed by atoms with Crippen molar-refractivity contribution in [3.8, 4) is 0 Å². The number of nitrogens with zero attached hydrogens (tertiary/aromatic N) is 2. The number of hydrogen-bond donors (Lipinski definition) is 3. The second kappa shape index (κ2) is 7.69. The van der Waals surface area contributed by atoms with Gasteiger partial charge < -0.3 is 15.2 Å².